The molecule has 2 N–H and O–H groups in total. The highest BCUT2D eigenvalue weighted by molar-refractivity contribution is 5.76. The molecular formula is C16H32N2O2. The lowest BCUT2D eigenvalue weighted by Crippen LogP contribution is -2.41. The molecule has 0 aromatic rings. The van der Waals surface area contributed by atoms with Crippen molar-refractivity contribution in [2.75, 3.05) is 20.2 Å². The molecule has 1 unspecified atom stereocenters. The summed E-state index contributed by atoms with van der Waals surface area (Å²) in [5.41, 5.74) is 5.62. The number of ether oxygens (including phenoxy) is 1. The molecule has 20 heavy (non-hydrogen) atoms. The zero-order valence-electron chi connectivity index (χ0n) is 13.3. The molecule has 118 valence electrons. The third-order valence-electron chi connectivity index (χ3n) is 4.36. The van der Waals surface area contributed by atoms with E-state index in [0.717, 1.165) is 32.2 Å². The lowest BCUT2D eigenvalue weighted by atomic mass is 10.1. The van der Waals surface area contributed by atoms with Crippen molar-refractivity contribution in [3.63, 3.8) is 0 Å². The quantitative estimate of drug-likeness (QED) is 0.697. The molecule has 0 saturated heterocycles. The van der Waals surface area contributed by atoms with Crippen molar-refractivity contribution in [1.29, 1.82) is 0 Å². The summed E-state index contributed by atoms with van der Waals surface area (Å²) in [6.07, 6.45) is 9.93. The number of hydrogen-bond donors (Lipinski definition) is 1. The van der Waals surface area contributed by atoms with Crippen LogP contribution >= 0.6 is 0 Å². The fourth-order valence-corrected chi connectivity index (χ4v) is 2.93. The number of carbonyl (C=O) groups is 1. The van der Waals surface area contributed by atoms with Crippen LogP contribution in [-0.4, -0.2) is 43.2 Å². The predicted octanol–water partition coefficient (Wildman–Crippen LogP) is 2.70. The van der Waals surface area contributed by atoms with E-state index >= 15 is 0 Å². The summed E-state index contributed by atoms with van der Waals surface area (Å²) in [6, 6.07) is 0.439. The molecule has 4 heteroatoms. The molecule has 1 aliphatic rings. The summed E-state index contributed by atoms with van der Waals surface area (Å²) in [5.74, 6) is 0.286. The first-order valence-corrected chi connectivity index (χ1v) is 8.21. The van der Waals surface area contributed by atoms with Crippen molar-refractivity contribution < 1.29 is 9.53 Å². The van der Waals surface area contributed by atoms with Gasteiger partial charge in [0.15, 0.2) is 0 Å². The van der Waals surface area contributed by atoms with Crippen LogP contribution in [0.5, 0.6) is 0 Å². The van der Waals surface area contributed by atoms with Crippen LogP contribution in [0, 0.1) is 0 Å². The number of methoxy groups -OCH3 is 1. The van der Waals surface area contributed by atoms with E-state index < -0.39 is 0 Å². The van der Waals surface area contributed by atoms with Crippen LogP contribution in [-0.2, 0) is 9.53 Å². The molecule has 1 amide bonds. The number of hydrogen-bond acceptors (Lipinski definition) is 3. The number of rotatable bonds is 8. The smallest absolute Gasteiger partial charge is 0.222 e. The highest BCUT2D eigenvalue weighted by Gasteiger charge is 2.24. The molecule has 0 bridgehead atoms. The van der Waals surface area contributed by atoms with Crippen LogP contribution in [0.15, 0.2) is 0 Å². The number of carbonyl (C=O) groups excluding carboxylic acids is 1. The van der Waals surface area contributed by atoms with E-state index in [9.17, 15) is 4.79 Å². The van der Waals surface area contributed by atoms with Gasteiger partial charge < -0.3 is 15.4 Å². The Bertz CT molecular complexity index is 263. The first-order chi connectivity index (χ1) is 9.69. The van der Waals surface area contributed by atoms with Crippen LogP contribution in [0.4, 0.5) is 0 Å². The number of nitrogens with two attached hydrogens (primary N) is 1. The lowest BCUT2D eigenvalue weighted by Gasteiger charge is -2.31. The Kier molecular flexibility index (Phi) is 8.86. The molecule has 0 aromatic heterocycles. The molecule has 0 heterocycles. The van der Waals surface area contributed by atoms with Crippen molar-refractivity contribution in [1.82, 2.24) is 4.90 Å². The van der Waals surface area contributed by atoms with E-state index in [0.29, 0.717) is 19.0 Å². The Morgan fingerprint density at radius 1 is 1.30 bits per heavy atom. The molecular weight excluding hydrogens is 252 g/mol. The average Bonchev–Trinajstić information content (AvgIpc) is 2.74. The summed E-state index contributed by atoms with van der Waals surface area (Å²) in [5, 5.41) is 0. The van der Waals surface area contributed by atoms with E-state index in [4.69, 9.17) is 10.5 Å². The summed E-state index contributed by atoms with van der Waals surface area (Å²) in [6.45, 7) is 3.50. The summed E-state index contributed by atoms with van der Waals surface area (Å²) in [7, 11) is 1.70. The molecule has 4 nitrogen and oxygen atoms in total. The Morgan fingerprint density at radius 2 is 1.95 bits per heavy atom. The fraction of sp³-hybridized carbons (Fsp3) is 0.938. The maximum Gasteiger partial charge on any atom is 0.222 e. The normalized spacial score (nSPS) is 18.6. The first kappa shape index (κ1) is 17.4. The van der Waals surface area contributed by atoms with Crippen LogP contribution in [0.2, 0.25) is 0 Å². The molecule has 1 aliphatic carbocycles. The van der Waals surface area contributed by atoms with Crippen LogP contribution in [0.3, 0.4) is 0 Å². The number of amides is 1. The van der Waals surface area contributed by atoms with Gasteiger partial charge in [0.25, 0.3) is 0 Å². The Labute approximate surface area is 124 Å². The van der Waals surface area contributed by atoms with E-state index in [1.54, 1.807) is 7.11 Å². The van der Waals surface area contributed by atoms with Gasteiger partial charge in [-0.3, -0.25) is 4.79 Å². The summed E-state index contributed by atoms with van der Waals surface area (Å²) >= 11 is 0. The minimum atomic E-state index is 0.157. The van der Waals surface area contributed by atoms with Crippen molar-refractivity contribution >= 4 is 5.91 Å². The van der Waals surface area contributed by atoms with E-state index in [-0.39, 0.29) is 12.0 Å². The van der Waals surface area contributed by atoms with Crippen molar-refractivity contribution in [2.24, 2.45) is 5.73 Å². The van der Waals surface area contributed by atoms with Gasteiger partial charge in [-0.15, -0.1) is 0 Å². The second-order valence-corrected chi connectivity index (χ2v) is 5.96. The standard InChI is InChI=1S/C16H32N2O2/c1-14(20-2)10-11-16(19)18(13-7-12-17)15-8-5-3-4-6-9-15/h14-15H,3-13,17H2,1-2H3. The highest BCUT2D eigenvalue weighted by atomic mass is 16.5. The third kappa shape index (κ3) is 6.23. The van der Waals surface area contributed by atoms with Gasteiger partial charge in [-0.2, -0.15) is 0 Å². The van der Waals surface area contributed by atoms with E-state index in [2.05, 4.69) is 4.90 Å². The predicted molar refractivity (Wildman–Crippen MR) is 82.6 cm³/mol. The van der Waals surface area contributed by atoms with Gasteiger partial charge >= 0.3 is 0 Å². The summed E-state index contributed by atoms with van der Waals surface area (Å²) < 4.78 is 5.24. The molecule has 0 radical (unpaired) electrons. The molecule has 0 aliphatic heterocycles. The van der Waals surface area contributed by atoms with Gasteiger partial charge in [-0.25, -0.2) is 0 Å². The van der Waals surface area contributed by atoms with Crippen LogP contribution < -0.4 is 5.73 Å². The van der Waals surface area contributed by atoms with Gasteiger partial charge in [-0.05, 0) is 39.2 Å². The monoisotopic (exact) mass is 284 g/mol. The Hall–Kier alpha value is -0.610. The van der Waals surface area contributed by atoms with Crippen molar-refractivity contribution in [3.8, 4) is 0 Å². The zero-order chi connectivity index (χ0) is 14.8. The molecule has 1 rings (SSSR count). The van der Waals surface area contributed by atoms with Gasteiger partial charge in [0.1, 0.15) is 0 Å². The Balaban J connectivity index is 2.54. The molecule has 0 spiro atoms. The maximum absolute atomic E-state index is 12.5. The third-order valence-corrected chi connectivity index (χ3v) is 4.36. The summed E-state index contributed by atoms with van der Waals surface area (Å²) in [4.78, 5) is 14.6. The second kappa shape index (κ2) is 10.2. The van der Waals surface area contributed by atoms with Gasteiger partial charge in [0.2, 0.25) is 5.91 Å². The van der Waals surface area contributed by atoms with E-state index in [1.165, 1.54) is 25.7 Å². The minimum absolute atomic E-state index is 0.157. The highest BCUT2D eigenvalue weighted by Crippen LogP contribution is 2.23. The van der Waals surface area contributed by atoms with E-state index in [1.807, 2.05) is 6.92 Å². The first-order valence-electron chi connectivity index (χ1n) is 8.21. The average molecular weight is 284 g/mol. The molecule has 0 aromatic carbocycles. The van der Waals surface area contributed by atoms with Crippen molar-refractivity contribution in [2.45, 2.75) is 76.9 Å². The molecule has 1 saturated carbocycles. The topological polar surface area (TPSA) is 55.6 Å². The van der Waals surface area contributed by atoms with Crippen molar-refractivity contribution in [3.05, 3.63) is 0 Å². The van der Waals surface area contributed by atoms with Crippen LogP contribution in [0.1, 0.15) is 64.7 Å². The van der Waals surface area contributed by atoms with Gasteiger partial charge in [0.05, 0.1) is 6.10 Å². The lowest BCUT2D eigenvalue weighted by molar-refractivity contribution is -0.134. The largest absolute Gasteiger partial charge is 0.382 e. The second-order valence-electron chi connectivity index (χ2n) is 5.96. The zero-order valence-corrected chi connectivity index (χ0v) is 13.3. The molecule has 1 atom stereocenters. The van der Waals surface area contributed by atoms with Gasteiger partial charge in [0, 0.05) is 26.1 Å². The maximum atomic E-state index is 12.5. The SMILES string of the molecule is COC(C)CCC(=O)N(CCCN)C1CCCCCC1. The minimum Gasteiger partial charge on any atom is -0.382 e. The Morgan fingerprint density at radius 3 is 2.50 bits per heavy atom. The van der Waals surface area contributed by atoms with Crippen LogP contribution in [0.25, 0.3) is 0 Å². The van der Waals surface area contributed by atoms with Gasteiger partial charge in [-0.1, -0.05) is 25.7 Å². The fourth-order valence-electron chi connectivity index (χ4n) is 2.93. The number of nitrogens with zero attached hydrogens (tertiary/aromatic N) is 1. The molecule has 1 fully saturated rings.